The van der Waals surface area contributed by atoms with E-state index in [2.05, 4.69) is 38.1 Å². The second-order valence-electron chi connectivity index (χ2n) is 4.32. The number of thioether (sulfide) groups is 1. The van der Waals surface area contributed by atoms with Gasteiger partial charge >= 0.3 is 0 Å². The van der Waals surface area contributed by atoms with E-state index >= 15 is 0 Å². The van der Waals surface area contributed by atoms with E-state index in [1.165, 1.54) is 22.9 Å². The molecule has 0 heterocycles. The van der Waals surface area contributed by atoms with Crippen molar-refractivity contribution >= 4 is 16.9 Å². The van der Waals surface area contributed by atoms with Gasteiger partial charge in [0.1, 0.15) is 0 Å². The zero-order valence-electron chi connectivity index (χ0n) is 10.6. The van der Waals surface area contributed by atoms with Gasteiger partial charge in [-0.05, 0) is 19.4 Å². The lowest BCUT2D eigenvalue weighted by atomic mass is 10.1. The molecule has 0 saturated carbocycles. The fraction of sp³-hybridized carbons (Fsp3) is 0.188. The highest BCUT2D eigenvalue weighted by atomic mass is 32.2. The van der Waals surface area contributed by atoms with Crippen molar-refractivity contribution < 1.29 is 4.79 Å². The van der Waals surface area contributed by atoms with Gasteiger partial charge < -0.3 is 0 Å². The van der Waals surface area contributed by atoms with E-state index in [0.717, 1.165) is 5.56 Å². The van der Waals surface area contributed by atoms with Crippen LogP contribution in [0, 0.1) is 6.92 Å². The van der Waals surface area contributed by atoms with Crippen LogP contribution in [0.3, 0.4) is 0 Å². The summed E-state index contributed by atoms with van der Waals surface area (Å²) in [6, 6.07) is 17.8. The van der Waals surface area contributed by atoms with Crippen LogP contribution in [0.25, 0.3) is 0 Å². The van der Waals surface area contributed by atoms with Gasteiger partial charge in [0.2, 0.25) is 5.12 Å². The molecule has 2 heteroatoms. The predicted octanol–water partition coefficient (Wildman–Crippen LogP) is 4.63. The highest BCUT2D eigenvalue weighted by Crippen LogP contribution is 2.30. The molecule has 18 heavy (non-hydrogen) atoms. The molecule has 0 saturated heterocycles. The van der Waals surface area contributed by atoms with E-state index in [1.54, 1.807) is 0 Å². The van der Waals surface area contributed by atoms with Gasteiger partial charge in [-0.1, -0.05) is 71.9 Å². The Balaban J connectivity index is 2.06. The summed E-state index contributed by atoms with van der Waals surface area (Å²) in [6.45, 7) is 4.13. The van der Waals surface area contributed by atoms with E-state index in [4.69, 9.17) is 0 Å². The Morgan fingerprint density at radius 3 is 2.22 bits per heavy atom. The van der Waals surface area contributed by atoms with Crippen LogP contribution in [0.2, 0.25) is 0 Å². The first-order valence-corrected chi connectivity index (χ1v) is 6.87. The molecule has 1 unspecified atom stereocenters. The molecule has 0 fully saturated rings. The quantitative estimate of drug-likeness (QED) is 0.796. The number of rotatable bonds is 3. The molecule has 92 valence electrons. The van der Waals surface area contributed by atoms with Crippen molar-refractivity contribution in [3.8, 4) is 0 Å². The third-order valence-electron chi connectivity index (χ3n) is 2.84. The van der Waals surface area contributed by atoms with Gasteiger partial charge in [0, 0.05) is 10.8 Å². The molecule has 0 amide bonds. The normalized spacial score (nSPS) is 12.1. The topological polar surface area (TPSA) is 17.1 Å². The van der Waals surface area contributed by atoms with Crippen LogP contribution < -0.4 is 0 Å². The molecule has 0 aliphatic carbocycles. The fourth-order valence-corrected chi connectivity index (χ4v) is 2.59. The molecule has 2 rings (SSSR count). The average Bonchev–Trinajstić information content (AvgIpc) is 2.40. The first-order valence-electron chi connectivity index (χ1n) is 5.99. The first kappa shape index (κ1) is 12.9. The molecule has 2 aromatic carbocycles. The van der Waals surface area contributed by atoms with Crippen LogP contribution >= 0.6 is 11.8 Å². The molecule has 0 aromatic heterocycles. The SMILES string of the molecule is Cc1ccc(C(C)SC(=O)c2ccccc2)cc1. The Labute approximate surface area is 112 Å². The second-order valence-corrected chi connectivity index (χ2v) is 5.64. The van der Waals surface area contributed by atoms with E-state index in [1.807, 2.05) is 30.3 Å². The Kier molecular flexibility index (Phi) is 4.21. The van der Waals surface area contributed by atoms with E-state index < -0.39 is 0 Å². The molecule has 2 aromatic rings. The second kappa shape index (κ2) is 5.87. The Morgan fingerprint density at radius 1 is 1.00 bits per heavy atom. The van der Waals surface area contributed by atoms with Gasteiger partial charge in [-0.15, -0.1) is 0 Å². The maximum atomic E-state index is 12.1. The molecule has 1 atom stereocenters. The molecular weight excluding hydrogens is 240 g/mol. The standard InChI is InChI=1S/C16H16OS/c1-12-8-10-14(11-9-12)13(2)18-16(17)15-6-4-3-5-7-15/h3-11,13H,1-2H3. The van der Waals surface area contributed by atoms with E-state index in [-0.39, 0.29) is 10.4 Å². The highest BCUT2D eigenvalue weighted by molar-refractivity contribution is 8.14. The lowest BCUT2D eigenvalue weighted by Gasteiger charge is -2.10. The maximum absolute atomic E-state index is 12.1. The molecule has 0 bridgehead atoms. The molecule has 1 nitrogen and oxygen atoms in total. The summed E-state index contributed by atoms with van der Waals surface area (Å²) in [6.07, 6.45) is 0. The van der Waals surface area contributed by atoms with Gasteiger partial charge in [-0.2, -0.15) is 0 Å². The summed E-state index contributed by atoms with van der Waals surface area (Å²) in [5.74, 6) is 0. The van der Waals surface area contributed by atoms with Gasteiger partial charge in [-0.3, -0.25) is 4.79 Å². The largest absolute Gasteiger partial charge is 0.282 e. The van der Waals surface area contributed by atoms with Gasteiger partial charge in [0.25, 0.3) is 0 Å². The molecular formula is C16H16OS. The predicted molar refractivity (Wildman–Crippen MR) is 78.0 cm³/mol. The molecule has 0 aliphatic rings. The van der Waals surface area contributed by atoms with E-state index in [9.17, 15) is 4.79 Å². The van der Waals surface area contributed by atoms with Crippen LogP contribution in [-0.4, -0.2) is 5.12 Å². The van der Waals surface area contributed by atoms with Crippen molar-refractivity contribution in [1.29, 1.82) is 0 Å². The van der Waals surface area contributed by atoms with Crippen LogP contribution in [-0.2, 0) is 0 Å². The minimum atomic E-state index is 0.128. The molecule has 0 aliphatic heterocycles. The Bertz CT molecular complexity index is 517. The minimum Gasteiger partial charge on any atom is -0.282 e. The Morgan fingerprint density at radius 2 is 1.61 bits per heavy atom. The number of hydrogen-bond donors (Lipinski definition) is 0. The van der Waals surface area contributed by atoms with Crippen molar-refractivity contribution in [3.05, 3.63) is 71.3 Å². The summed E-state index contributed by atoms with van der Waals surface area (Å²) < 4.78 is 0. The van der Waals surface area contributed by atoms with Crippen LogP contribution in [0.5, 0.6) is 0 Å². The van der Waals surface area contributed by atoms with Crippen LogP contribution in [0.1, 0.15) is 33.7 Å². The zero-order valence-corrected chi connectivity index (χ0v) is 11.4. The zero-order chi connectivity index (χ0) is 13.0. The lowest BCUT2D eigenvalue weighted by Crippen LogP contribution is -1.97. The fourth-order valence-electron chi connectivity index (χ4n) is 1.71. The Hall–Kier alpha value is -1.54. The molecule has 0 spiro atoms. The van der Waals surface area contributed by atoms with Crippen LogP contribution in [0.4, 0.5) is 0 Å². The lowest BCUT2D eigenvalue weighted by molar-refractivity contribution is 0.108. The summed E-state index contributed by atoms with van der Waals surface area (Å²) in [5, 5.41) is 0.307. The van der Waals surface area contributed by atoms with Gasteiger partial charge in [0.05, 0.1) is 0 Å². The number of hydrogen-bond acceptors (Lipinski definition) is 2. The van der Waals surface area contributed by atoms with Crippen molar-refractivity contribution in [2.75, 3.05) is 0 Å². The van der Waals surface area contributed by atoms with Crippen molar-refractivity contribution in [3.63, 3.8) is 0 Å². The van der Waals surface area contributed by atoms with Gasteiger partial charge in [0.15, 0.2) is 0 Å². The summed E-state index contributed by atoms with van der Waals surface area (Å²) in [4.78, 5) is 12.1. The van der Waals surface area contributed by atoms with E-state index in [0.29, 0.717) is 0 Å². The number of aryl methyl sites for hydroxylation is 1. The average molecular weight is 256 g/mol. The maximum Gasteiger partial charge on any atom is 0.219 e. The monoisotopic (exact) mass is 256 g/mol. The third-order valence-corrected chi connectivity index (χ3v) is 3.92. The van der Waals surface area contributed by atoms with Crippen molar-refractivity contribution in [2.45, 2.75) is 19.1 Å². The number of carbonyl (C=O) groups excluding carboxylic acids is 1. The first-order chi connectivity index (χ1) is 8.66. The minimum absolute atomic E-state index is 0.128. The summed E-state index contributed by atoms with van der Waals surface area (Å²) in [7, 11) is 0. The van der Waals surface area contributed by atoms with Crippen LogP contribution in [0.15, 0.2) is 54.6 Å². The summed E-state index contributed by atoms with van der Waals surface area (Å²) >= 11 is 1.37. The smallest absolute Gasteiger partial charge is 0.219 e. The third kappa shape index (κ3) is 3.23. The molecule has 0 radical (unpaired) electrons. The number of carbonyl (C=O) groups is 1. The van der Waals surface area contributed by atoms with Gasteiger partial charge in [-0.25, -0.2) is 0 Å². The van der Waals surface area contributed by atoms with Crippen molar-refractivity contribution in [2.24, 2.45) is 0 Å². The molecule has 0 N–H and O–H groups in total. The highest BCUT2D eigenvalue weighted by Gasteiger charge is 2.13. The number of benzene rings is 2. The van der Waals surface area contributed by atoms with Crippen molar-refractivity contribution in [1.82, 2.24) is 0 Å². The summed E-state index contributed by atoms with van der Waals surface area (Å²) in [5.41, 5.74) is 3.20.